The molecule has 35 heavy (non-hydrogen) atoms. The maximum absolute atomic E-state index is 12.2. The highest BCUT2D eigenvalue weighted by Crippen LogP contribution is 2.51. The Morgan fingerprint density at radius 2 is 1.97 bits per heavy atom. The molecule has 7 nitrogen and oxygen atoms in total. The van der Waals surface area contributed by atoms with Gasteiger partial charge >= 0.3 is 5.97 Å². The molecule has 2 fully saturated rings. The van der Waals surface area contributed by atoms with Crippen molar-refractivity contribution in [2.24, 2.45) is 11.3 Å². The van der Waals surface area contributed by atoms with Crippen molar-refractivity contribution in [2.75, 3.05) is 12.4 Å². The Labute approximate surface area is 210 Å². The van der Waals surface area contributed by atoms with Crippen LogP contribution in [0.1, 0.15) is 68.0 Å². The lowest BCUT2D eigenvalue weighted by Crippen LogP contribution is -2.45. The van der Waals surface area contributed by atoms with Gasteiger partial charge in [-0.3, -0.25) is 4.79 Å². The number of ether oxygens (including phenoxy) is 1. The van der Waals surface area contributed by atoms with E-state index in [0.717, 1.165) is 27.8 Å². The van der Waals surface area contributed by atoms with Crippen LogP contribution in [0.25, 0.3) is 10.6 Å². The summed E-state index contributed by atoms with van der Waals surface area (Å²) in [5.41, 5.74) is 1.73. The minimum atomic E-state index is -1.07. The normalized spacial score (nSPS) is 23.6. The van der Waals surface area contributed by atoms with Crippen molar-refractivity contribution >= 4 is 28.9 Å². The number of pyridine rings is 2. The molecule has 3 aromatic heterocycles. The molecule has 0 saturated heterocycles. The van der Waals surface area contributed by atoms with Gasteiger partial charge in [-0.05, 0) is 85.8 Å². The van der Waals surface area contributed by atoms with Crippen LogP contribution in [-0.2, 0) is 15.1 Å². The molecule has 2 saturated carbocycles. The summed E-state index contributed by atoms with van der Waals surface area (Å²) in [4.78, 5) is 27.0. The number of aromatic nitrogens is 3. The summed E-state index contributed by atoms with van der Waals surface area (Å²) in [5.74, 6) is 1.74. The zero-order valence-corrected chi connectivity index (χ0v) is 21.5. The SMILES string of the molecule is COC(=O)[C@H]1CC[C@](O)(c2ncc(-c3cc(C)cc(Nc4cc(C5CC5)ccn4)n3)s2)CC1(C)C. The Morgan fingerprint density at radius 1 is 1.17 bits per heavy atom. The molecule has 0 radical (unpaired) electrons. The first-order chi connectivity index (χ1) is 16.7. The summed E-state index contributed by atoms with van der Waals surface area (Å²) in [5, 5.41) is 15.6. The van der Waals surface area contributed by atoms with Crippen molar-refractivity contribution in [3.63, 3.8) is 0 Å². The maximum Gasteiger partial charge on any atom is 0.309 e. The van der Waals surface area contributed by atoms with E-state index in [-0.39, 0.29) is 11.9 Å². The van der Waals surface area contributed by atoms with Gasteiger partial charge in [0.15, 0.2) is 0 Å². The van der Waals surface area contributed by atoms with Gasteiger partial charge in [0.05, 0.1) is 23.6 Å². The quantitative estimate of drug-likeness (QED) is 0.425. The van der Waals surface area contributed by atoms with Crippen LogP contribution in [0.5, 0.6) is 0 Å². The van der Waals surface area contributed by atoms with E-state index in [1.165, 1.54) is 36.9 Å². The molecule has 0 aromatic carbocycles. The Morgan fingerprint density at radius 3 is 2.69 bits per heavy atom. The third-order valence-electron chi connectivity index (χ3n) is 7.24. The lowest BCUT2D eigenvalue weighted by atomic mass is 9.63. The van der Waals surface area contributed by atoms with Crippen molar-refractivity contribution in [3.8, 4) is 10.6 Å². The van der Waals surface area contributed by atoms with Crippen molar-refractivity contribution in [2.45, 2.75) is 64.4 Å². The number of rotatable bonds is 6. The predicted molar refractivity (Wildman–Crippen MR) is 137 cm³/mol. The highest BCUT2D eigenvalue weighted by atomic mass is 32.1. The molecule has 2 aliphatic carbocycles. The predicted octanol–water partition coefficient (Wildman–Crippen LogP) is 5.72. The molecule has 8 heteroatoms. The fourth-order valence-electron chi connectivity index (χ4n) is 5.28. The zero-order valence-electron chi connectivity index (χ0n) is 20.7. The number of carbonyl (C=O) groups is 1. The van der Waals surface area contributed by atoms with Gasteiger partial charge in [0, 0.05) is 12.4 Å². The van der Waals surface area contributed by atoms with Gasteiger partial charge in [0.2, 0.25) is 0 Å². The molecule has 2 atom stereocenters. The van der Waals surface area contributed by atoms with Crippen LogP contribution in [0.3, 0.4) is 0 Å². The van der Waals surface area contributed by atoms with Gasteiger partial charge in [-0.15, -0.1) is 11.3 Å². The van der Waals surface area contributed by atoms with E-state index >= 15 is 0 Å². The summed E-state index contributed by atoms with van der Waals surface area (Å²) in [6, 6.07) is 8.22. The first kappa shape index (κ1) is 23.9. The number of methoxy groups -OCH3 is 1. The molecule has 0 spiro atoms. The van der Waals surface area contributed by atoms with E-state index < -0.39 is 11.0 Å². The summed E-state index contributed by atoms with van der Waals surface area (Å²) in [6.07, 6.45) is 7.61. The van der Waals surface area contributed by atoms with Gasteiger partial charge in [-0.2, -0.15) is 0 Å². The Hall–Kier alpha value is -2.84. The van der Waals surface area contributed by atoms with Crippen molar-refractivity contribution < 1.29 is 14.6 Å². The van der Waals surface area contributed by atoms with Gasteiger partial charge < -0.3 is 15.2 Å². The molecule has 0 bridgehead atoms. The number of nitrogens with one attached hydrogen (secondary N) is 1. The van der Waals surface area contributed by atoms with Crippen molar-refractivity contribution in [3.05, 3.63) is 52.8 Å². The number of hydrogen-bond donors (Lipinski definition) is 2. The fourth-order valence-corrected chi connectivity index (χ4v) is 6.28. The van der Waals surface area contributed by atoms with Crippen LogP contribution in [0.2, 0.25) is 0 Å². The van der Waals surface area contributed by atoms with Crippen LogP contribution < -0.4 is 5.32 Å². The second-order valence-electron chi connectivity index (χ2n) is 10.6. The topological polar surface area (TPSA) is 97.2 Å². The molecule has 3 heterocycles. The van der Waals surface area contributed by atoms with Crippen LogP contribution >= 0.6 is 11.3 Å². The molecule has 2 N–H and O–H groups in total. The van der Waals surface area contributed by atoms with Gasteiger partial charge in [-0.1, -0.05) is 13.8 Å². The van der Waals surface area contributed by atoms with Gasteiger partial charge in [0.1, 0.15) is 22.2 Å². The lowest BCUT2D eigenvalue weighted by Gasteiger charge is -2.44. The van der Waals surface area contributed by atoms with E-state index in [9.17, 15) is 9.90 Å². The molecule has 5 rings (SSSR count). The fraction of sp³-hybridized carbons (Fsp3) is 0.481. The Balaban J connectivity index is 1.37. The van der Waals surface area contributed by atoms with Gasteiger partial charge in [-0.25, -0.2) is 15.0 Å². The smallest absolute Gasteiger partial charge is 0.309 e. The summed E-state index contributed by atoms with van der Waals surface area (Å²) in [6.45, 7) is 6.07. The number of nitrogens with zero attached hydrogens (tertiary/aromatic N) is 3. The number of aliphatic hydroxyl groups is 1. The van der Waals surface area contributed by atoms with E-state index in [1.807, 2.05) is 39.1 Å². The molecule has 2 aliphatic rings. The molecule has 3 aromatic rings. The van der Waals surface area contributed by atoms with E-state index in [1.54, 1.807) is 6.20 Å². The summed E-state index contributed by atoms with van der Waals surface area (Å²) in [7, 11) is 1.42. The van der Waals surface area contributed by atoms with Crippen molar-refractivity contribution in [1.82, 2.24) is 15.0 Å². The summed E-state index contributed by atoms with van der Waals surface area (Å²) < 4.78 is 5.00. The first-order valence-electron chi connectivity index (χ1n) is 12.2. The van der Waals surface area contributed by atoms with E-state index in [4.69, 9.17) is 9.72 Å². The first-order valence-corrected chi connectivity index (χ1v) is 13.0. The van der Waals surface area contributed by atoms with Crippen LogP contribution in [0, 0.1) is 18.3 Å². The minimum Gasteiger partial charge on any atom is -0.469 e. The molecule has 184 valence electrons. The molecular weight excluding hydrogens is 460 g/mol. The highest BCUT2D eigenvalue weighted by Gasteiger charge is 2.49. The molecule has 0 aliphatic heterocycles. The third-order valence-corrected chi connectivity index (χ3v) is 8.45. The molecular formula is C27H32N4O3S. The number of anilines is 2. The molecule has 0 unspecified atom stereocenters. The summed E-state index contributed by atoms with van der Waals surface area (Å²) >= 11 is 1.46. The monoisotopic (exact) mass is 492 g/mol. The maximum atomic E-state index is 12.2. The second-order valence-corrected chi connectivity index (χ2v) is 11.7. The van der Waals surface area contributed by atoms with E-state index in [0.29, 0.717) is 30.2 Å². The Kier molecular flexibility index (Phi) is 6.13. The lowest BCUT2D eigenvalue weighted by molar-refractivity contribution is -0.157. The van der Waals surface area contributed by atoms with Gasteiger partial charge in [0.25, 0.3) is 0 Å². The molecule has 0 amide bonds. The largest absolute Gasteiger partial charge is 0.469 e. The average molecular weight is 493 g/mol. The van der Waals surface area contributed by atoms with Crippen molar-refractivity contribution in [1.29, 1.82) is 0 Å². The average Bonchev–Trinajstić information content (AvgIpc) is 3.53. The minimum absolute atomic E-state index is 0.210. The third kappa shape index (κ3) is 4.95. The van der Waals surface area contributed by atoms with E-state index in [2.05, 4.69) is 27.4 Å². The number of thiazole rings is 1. The highest BCUT2D eigenvalue weighted by molar-refractivity contribution is 7.15. The number of carbonyl (C=O) groups excluding carboxylic acids is 1. The van der Waals surface area contributed by atoms with Crippen LogP contribution in [0.4, 0.5) is 11.6 Å². The van der Waals surface area contributed by atoms with Crippen LogP contribution in [0.15, 0.2) is 36.7 Å². The number of hydrogen-bond acceptors (Lipinski definition) is 8. The number of aryl methyl sites for hydroxylation is 1. The second kappa shape index (κ2) is 8.99. The number of esters is 1. The standard InChI is InChI=1S/C27H32N4O3S/c1-16-11-20(30-23(12-16)31-22-13-18(8-10-28-22)17-5-6-17)21-14-29-25(35-21)27(33)9-7-19(24(32)34-4)26(2,3)15-27/h8,10-14,17,19,33H,5-7,9,15H2,1-4H3,(H,28,30,31)/t19-,27-/m1/s1. The Bertz CT molecular complexity index is 1250. The zero-order chi connectivity index (χ0) is 24.8. The van der Waals surface area contributed by atoms with Crippen LogP contribution in [-0.4, -0.2) is 33.1 Å².